The van der Waals surface area contributed by atoms with E-state index in [2.05, 4.69) is 10.1 Å². The molecule has 2 aromatic rings. The summed E-state index contributed by atoms with van der Waals surface area (Å²) in [7, 11) is 1.30. The average molecular weight is 294 g/mol. The molecule has 20 heavy (non-hydrogen) atoms. The van der Waals surface area contributed by atoms with Gasteiger partial charge in [-0.15, -0.1) is 0 Å². The van der Waals surface area contributed by atoms with Gasteiger partial charge in [0.15, 0.2) is 11.0 Å². The summed E-state index contributed by atoms with van der Waals surface area (Å²) in [5, 5.41) is 2.79. The van der Waals surface area contributed by atoms with Crippen molar-refractivity contribution in [1.29, 1.82) is 0 Å². The van der Waals surface area contributed by atoms with Crippen LogP contribution in [-0.4, -0.2) is 19.0 Å². The Balaban J connectivity index is 2.24. The van der Waals surface area contributed by atoms with Crippen molar-refractivity contribution < 1.29 is 18.7 Å². The maximum Gasteiger partial charge on any atom is 0.337 e. The van der Waals surface area contributed by atoms with E-state index >= 15 is 0 Å². The van der Waals surface area contributed by atoms with E-state index in [1.807, 2.05) is 6.92 Å². The van der Waals surface area contributed by atoms with E-state index in [4.69, 9.17) is 16.0 Å². The van der Waals surface area contributed by atoms with Crippen LogP contribution in [0.1, 0.15) is 26.5 Å². The van der Waals surface area contributed by atoms with Gasteiger partial charge >= 0.3 is 5.97 Å². The summed E-state index contributed by atoms with van der Waals surface area (Å²) >= 11 is 5.62. The van der Waals surface area contributed by atoms with E-state index < -0.39 is 11.9 Å². The maximum atomic E-state index is 12.0. The smallest absolute Gasteiger partial charge is 0.337 e. The van der Waals surface area contributed by atoms with E-state index in [-0.39, 0.29) is 11.0 Å². The normalized spacial score (nSPS) is 10.2. The second kappa shape index (κ2) is 5.79. The van der Waals surface area contributed by atoms with Crippen molar-refractivity contribution in [2.45, 2.75) is 6.92 Å². The third kappa shape index (κ3) is 3.00. The molecule has 0 spiro atoms. The van der Waals surface area contributed by atoms with Gasteiger partial charge in [-0.05, 0) is 48.4 Å². The van der Waals surface area contributed by atoms with E-state index in [9.17, 15) is 9.59 Å². The van der Waals surface area contributed by atoms with E-state index in [1.54, 1.807) is 18.2 Å². The molecular formula is C14H12ClNO4. The molecule has 1 aromatic heterocycles. The van der Waals surface area contributed by atoms with Gasteiger partial charge in [0.1, 0.15) is 0 Å². The Bertz CT molecular complexity index is 663. The Morgan fingerprint density at radius 1 is 1.25 bits per heavy atom. The Hall–Kier alpha value is -2.27. The van der Waals surface area contributed by atoms with Crippen molar-refractivity contribution in [3.8, 4) is 0 Å². The first-order valence-corrected chi connectivity index (χ1v) is 6.14. The molecule has 6 heteroatoms. The standard InChI is InChI=1S/C14H12ClNO4/c1-8-3-4-9(14(18)19-2)7-10(8)16-13(17)11-5-6-12(15)20-11/h3-7H,1-2H3,(H,16,17). The van der Waals surface area contributed by atoms with Crippen LogP contribution in [0.3, 0.4) is 0 Å². The molecule has 1 heterocycles. The number of benzene rings is 1. The highest BCUT2D eigenvalue weighted by atomic mass is 35.5. The van der Waals surface area contributed by atoms with Crippen molar-refractivity contribution in [3.05, 3.63) is 52.4 Å². The lowest BCUT2D eigenvalue weighted by Crippen LogP contribution is -2.13. The Labute approximate surface area is 120 Å². The number of esters is 1. The molecular weight excluding hydrogens is 282 g/mol. The van der Waals surface area contributed by atoms with Gasteiger partial charge < -0.3 is 14.5 Å². The fourth-order valence-electron chi connectivity index (χ4n) is 1.62. The zero-order chi connectivity index (χ0) is 14.7. The fourth-order valence-corrected chi connectivity index (χ4v) is 1.77. The SMILES string of the molecule is COC(=O)c1ccc(C)c(NC(=O)c2ccc(Cl)o2)c1. The van der Waals surface area contributed by atoms with Crippen molar-refractivity contribution in [2.24, 2.45) is 0 Å². The molecule has 0 saturated heterocycles. The number of carbonyl (C=O) groups excluding carboxylic acids is 2. The molecule has 2 rings (SSSR count). The number of aryl methyl sites for hydroxylation is 1. The first-order chi connectivity index (χ1) is 9.51. The number of furan rings is 1. The van der Waals surface area contributed by atoms with Crippen LogP contribution in [0.25, 0.3) is 0 Å². The molecule has 0 bridgehead atoms. The molecule has 0 aliphatic heterocycles. The minimum atomic E-state index is -0.471. The van der Waals surface area contributed by atoms with Gasteiger partial charge in [-0.2, -0.15) is 0 Å². The summed E-state index contributed by atoms with van der Waals surface area (Å²) in [6.07, 6.45) is 0. The number of methoxy groups -OCH3 is 1. The summed E-state index contributed by atoms with van der Waals surface area (Å²) < 4.78 is 9.65. The number of amides is 1. The van der Waals surface area contributed by atoms with Crippen LogP contribution in [0, 0.1) is 6.92 Å². The van der Waals surface area contributed by atoms with Crippen LogP contribution in [0.4, 0.5) is 5.69 Å². The number of ether oxygens (including phenoxy) is 1. The Morgan fingerprint density at radius 3 is 2.60 bits per heavy atom. The van der Waals surface area contributed by atoms with Crippen molar-refractivity contribution in [1.82, 2.24) is 0 Å². The predicted octanol–water partition coefficient (Wildman–Crippen LogP) is 3.28. The number of anilines is 1. The molecule has 0 saturated carbocycles. The van der Waals surface area contributed by atoms with E-state index in [0.29, 0.717) is 11.3 Å². The number of carbonyl (C=O) groups is 2. The second-order valence-electron chi connectivity index (χ2n) is 4.08. The molecule has 0 aliphatic rings. The molecule has 0 radical (unpaired) electrons. The van der Waals surface area contributed by atoms with Gasteiger partial charge in [-0.25, -0.2) is 4.79 Å². The lowest BCUT2D eigenvalue weighted by atomic mass is 10.1. The maximum absolute atomic E-state index is 12.0. The Morgan fingerprint density at radius 2 is 2.00 bits per heavy atom. The molecule has 5 nitrogen and oxygen atoms in total. The lowest BCUT2D eigenvalue weighted by molar-refractivity contribution is 0.0600. The summed E-state index contributed by atoms with van der Waals surface area (Å²) in [5.74, 6) is -0.818. The highest BCUT2D eigenvalue weighted by Crippen LogP contribution is 2.20. The molecule has 0 unspecified atom stereocenters. The van der Waals surface area contributed by atoms with Crippen LogP contribution in [0.5, 0.6) is 0 Å². The van der Waals surface area contributed by atoms with Gasteiger partial charge in [0.25, 0.3) is 5.91 Å². The number of halogens is 1. The largest absolute Gasteiger partial charge is 0.465 e. The fraction of sp³-hybridized carbons (Fsp3) is 0.143. The highest BCUT2D eigenvalue weighted by molar-refractivity contribution is 6.29. The first kappa shape index (κ1) is 14.1. The van der Waals surface area contributed by atoms with Gasteiger partial charge in [0.05, 0.1) is 12.7 Å². The van der Waals surface area contributed by atoms with Crippen LogP contribution in [0.15, 0.2) is 34.7 Å². The summed E-state index contributed by atoms with van der Waals surface area (Å²) in [4.78, 5) is 23.4. The first-order valence-electron chi connectivity index (χ1n) is 5.77. The van der Waals surface area contributed by atoms with Gasteiger partial charge in [-0.3, -0.25) is 4.79 Å². The van der Waals surface area contributed by atoms with Crippen LogP contribution in [-0.2, 0) is 4.74 Å². The third-order valence-electron chi connectivity index (χ3n) is 2.70. The van der Waals surface area contributed by atoms with Crippen molar-refractivity contribution in [3.63, 3.8) is 0 Å². The van der Waals surface area contributed by atoms with Crippen LogP contribution < -0.4 is 5.32 Å². The summed E-state index contributed by atoms with van der Waals surface area (Å²) in [5.41, 5.74) is 1.67. The summed E-state index contributed by atoms with van der Waals surface area (Å²) in [6, 6.07) is 7.84. The van der Waals surface area contributed by atoms with Crippen molar-refractivity contribution >= 4 is 29.2 Å². The van der Waals surface area contributed by atoms with Crippen LogP contribution in [0.2, 0.25) is 5.22 Å². The predicted molar refractivity (Wildman–Crippen MR) is 74.2 cm³/mol. The minimum Gasteiger partial charge on any atom is -0.465 e. The van der Waals surface area contributed by atoms with Crippen molar-refractivity contribution in [2.75, 3.05) is 12.4 Å². The quantitative estimate of drug-likeness (QED) is 0.882. The van der Waals surface area contributed by atoms with E-state index in [1.165, 1.54) is 19.2 Å². The topological polar surface area (TPSA) is 68.5 Å². The van der Waals surface area contributed by atoms with E-state index in [0.717, 1.165) is 5.56 Å². The molecule has 1 amide bonds. The molecule has 1 aromatic carbocycles. The number of hydrogen-bond acceptors (Lipinski definition) is 4. The number of nitrogens with one attached hydrogen (secondary N) is 1. The molecule has 0 aliphatic carbocycles. The molecule has 0 fully saturated rings. The zero-order valence-corrected chi connectivity index (χ0v) is 11.7. The number of rotatable bonds is 3. The van der Waals surface area contributed by atoms with Crippen LogP contribution >= 0.6 is 11.6 Å². The molecule has 1 N–H and O–H groups in total. The average Bonchev–Trinajstić information content (AvgIpc) is 2.87. The van der Waals surface area contributed by atoms with Gasteiger partial charge in [-0.1, -0.05) is 6.07 Å². The summed E-state index contributed by atoms with van der Waals surface area (Å²) in [6.45, 7) is 1.81. The zero-order valence-electron chi connectivity index (χ0n) is 10.9. The van der Waals surface area contributed by atoms with Gasteiger partial charge in [0.2, 0.25) is 0 Å². The number of hydrogen-bond donors (Lipinski definition) is 1. The minimum absolute atomic E-state index is 0.0953. The highest BCUT2D eigenvalue weighted by Gasteiger charge is 2.14. The molecule has 0 atom stereocenters. The lowest BCUT2D eigenvalue weighted by Gasteiger charge is -2.08. The molecule has 104 valence electrons. The van der Waals surface area contributed by atoms with Gasteiger partial charge in [0, 0.05) is 5.69 Å². The second-order valence-corrected chi connectivity index (χ2v) is 4.45. The monoisotopic (exact) mass is 293 g/mol. The third-order valence-corrected chi connectivity index (χ3v) is 2.91. The Kier molecular flexibility index (Phi) is 4.10.